The summed E-state index contributed by atoms with van der Waals surface area (Å²) in [6, 6.07) is 8.84. The Labute approximate surface area is 146 Å². The van der Waals surface area contributed by atoms with Gasteiger partial charge < -0.3 is 11.1 Å². The smallest absolute Gasteiger partial charge is 0.237 e. The summed E-state index contributed by atoms with van der Waals surface area (Å²) in [5.41, 5.74) is 8.37. The van der Waals surface area contributed by atoms with Gasteiger partial charge in [-0.2, -0.15) is 0 Å². The van der Waals surface area contributed by atoms with Crippen LogP contribution in [0.5, 0.6) is 0 Å². The molecule has 0 bridgehead atoms. The van der Waals surface area contributed by atoms with Gasteiger partial charge in [-0.15, -0.1) is 0 Å². The highest BCUT2D eigenvalue weighted by atomic mass is 16.2. The van der Waals surface area contributed by atoms with Crippen molar-refractivity contribution in [2.24, 2.45) is 11.7 Å². The Kier molecular flexibility index (Phi) is 7.25. The van der Waals surface area contributed by atoms with Gasteiger partial charge in [-0.05, 0) is 49.8 Å². The summed E-state index contributed by atoms with van der Waals surface area (Å²) >= 11 is 0. The molecule has 24 heavy (non-hydrogen) atoms. The summed E-state index contributed by atoms with van der Waals surface area (Å²) in [5, 5.41) is 2.94. The maximum absolute atomic E-state index is 12.0. The van der Waals surface area contributed by atoms with E-state index >= 15 is 0 Å². The van der Waals surface area contributed by atoms with E-state index in [0.717, 1.165) is 18.5 Å². The van der Waals surface area contributed by atoms with Crippen LogP contribution in [0.15, 0.2) is 24.3 Å². The van der Waals surface area contributed by atoms with Crippen molar-refractivity contribution in [1.82, 2.24) is 10.2 Å². The highest BCUT2D eigenvalue weighted by Gasteiger charge is 2.18. The molecule has 1 amide bonds. The van der Waals surface area contributed by atoms with E-state index in [9.17, 15) is 4.79 Å². The minimum atomic E-state index is -0.412. The van der Waals surface area contributed by atoms with Crippen molar-refractivity contribution in [3.8, 4) is 0 Å². The Morgan fingerprint density at radius 1 is 1.25 bits per heavy atom. The van der Waals surface area contributed by atoms with Gasteiger partial charge in [0.05, 0.1) is 6.04 Å². The van der Waals surface area contributed by atoms with E-state index < -0.39 is 6.04 Å². The number of likely N-dealkylation sites (tertiary alicyclic amines) is 1. The molecule has 2 rings (SSSR count). The van der Waals surface area contributed by atoms with Crippen LogP contribution in [-0.2, 0) is 17.9 Å². The fourth-order valence-electron chi connectivity index (χ4n) is 3.32. The second-order valence-corrected chi connectivity index (χ2v) is 7.59. The Morgan fingerprint density at radius 2 is 1.92 bits per heavy atom. The lowest BCUT2D eigenvalue weighted by Crippen LogP contribution is -2.41. The topological polar surface area (TPSA) is 58.4 Å². The van der Waals surface area contributed by atoms with Crippen LogP contribution in [0, 0.1) is 5.92 Å². The number of piperidine rings is 1. The first-order valence-corrected chi connectivity index (χ1v) is 9.31. The number of carbonyl (C=O) groups excluding carboxylic acids is 1. The first-order chi connectivity index (χ1) is 11.5. The molecule has 1 aromatic rings. The molecule has 2 atom stereocenters. The van der Waals surface area contributed by atoms with E-state index in [1.165, 1.54) is 31.4 Å². The number of benzene rings is 1. The average molecular weight is 332 g/mol. The lowest BCUT2D eigenvalue weighted by molar-refractivity contribution is -0.122. The summed E-state index contributed by atoms with van der Waals surface area (Å²) < 4.78 is 0. The molecule has 0 spiro atoms. The molecule has 1 unspecified atom stereocenters. The third kappa shape index (κ3) is 5.91. The van der Waals surface area contributed by atoms with Crippen molar-refractivity contribution in [3.05, 3.63) is 35.4 Å². The second kappa shape index (κ2) is 9.19. The number of nitrogens with zero attached hydrogens (tertiary/aromatic N) is 1. The van der Waals surface area contributed by atoms with Gasteiger partial charge in [0.25, 0.3) is 0 Å². The van der Waals surface area contributed by atoms with E-state index in [-0.39, 0.29) is 5.91 Å². The summed E-state index contributed by atoms with van der Waals surface area (Å²) in [6.07, 6.45) is 4.69. The van der Waals surface area contributed by atoms with Crippen LogP contribution >= 0.6 is 0 Å². The fraction of sp³-hybridized carbons (Fsp3) is 0.650. The standard InChI is InChI=1S/C20H33N3O/c1-15(2)12-19(21)20(24)22-13-17-7-9-18(10-8-17)14-23-11-5-4-6-16(23)3/h7-10,15-16,19H,4-6,11-14,21H2,1-3H3,(H,22,24)/t16?,19-/m0/s1. The summed E-state index contributed by atoms with van der Waals surface area (Å²) in [5.74, 6) is 0.372. The molecule has 1 saturated heterocycles. The second-order valence-electron chi connectivity index (χ2n) is 7.59. The molecule has 4 heteroatoms. The van der Waals surface area contributed by atoms with E-state index in [2.05, 4.69) is 55.3 Å². The number of nitrogens with one attached hydrogen (secondary N) is 1. The van der Waals surface area contributed by atoms with E-state index in [1.54, 1.807) is 0 Å². The van der Waals surface area contributed by atoms with Gasteiger partial charge >= 0.3 is 0 Å². The van der Waals surface area contributed by atoms with Crippen LogP contribution in [0.2, 0.25) is 0 Å². The SMILES string of the molecule is CC(C)C[C@H](N)C(=O)NCc1ccc(CN2CCCCC2C)cc1. The molecule has 0 aromatic heterocycles. The molecule has 1 aliphatic rings. The van der Waals surface area contributed by atoms with Crippen molar-refractivity contribution in [3.63, 3.8) is 0 Å². The first kappa shape index (κ1) is 18.9. The summed E-state index contributed by atoms with van der Waals surface area (Å²) in [4.78, 5) is 14.5. The number of carbonyl (C=O) groups is 1. The lowest BCUT2D eigenvalue weighted by atomic mass is 10.0. The van der Waals surface area contributed by atoms with Crippen LogP contribution in [-0.4, -0.2) is 29.4 Å². The zero-order chi connectivity index (χ0) is 17.5. The van der Waals surface area contributed by atoms with Gasteiger partial charge in [-0.25, -0.2) is 0 Å². The molecule has 0 saturated carbocycles. The zero-order valence-electron chi connectivity index (χ0n) is 15.4. The van der Waals surface area contributed by atoms with Gasteiger partial charge in [0.1, 0.15) is 0 Å². The van der Waals surface area contributed by atoms with E-state index in [4.69, 9.17) is 5.73 Å². The number of rotatable bonds is 7. The molecule has 1 aliphatic heterocycles. The van der Waals surface area contributed by atoms with Crippen LogP contribution < -0.4 is 11.1 Å². The molecular formula is C20H33N3O. The molecule has 1 aromatic carbocycles. The normalized spacial score (nSPS) is 20.1. The molecule has 0 aliphatic carbocycles. The Hall–Kier alpha value is -1.39. The highest BCUT2D eigenvalue weighted by Crippen LogP contribution is 2.19. The molecule has 3 N–H and O–H groups in total. The fourth-order valence-corrected chi connectivity index (χ4v) is 3.32. The van der Waals surface area contributed by atoms with E-state index in [0.29, 0.717) is 18.5 Å². The summed E-state index contributed by atoms with van der Waals surface area (Å²) in [7, 11) is 0. The Morgan fingerprint density at radius 3 is 2.54 bits per heavy atom. The van der Waals surface area contributed by atoms with Crippen molar-refractivity contribution in [2.75, 3.05) is 6.54 Å². The van der Waals surface area contributed by atoms with Gasteiger partial charge in [0.2, 0.25) is 5.91 Å². The maximum atomic E-state index is 12.0. The quantitative estimate of drug-likeness (QED) is 0.807. The molecular weight excluding hydrogens is 298 g/mol. The van der Waals surface area contributed by atoms with Gasteiger partial charge in [-0.1, -0.05) is 44.5 Å². The van der Waals surface area contributed by atoms with Crippen molar-refractivity contribution in [2.45, 2.75) is 71.6 Å². The third-order valence-electron chi connectivity index (χ3n) is 4.88. The van der Waals surface area contributed by atoms with Crippen molar-refractivity contribution < 1.29 is 4.79 Å². The number of amides is 1. The van der Waals surface area contributed by atoms with Gasteiger partial charge in [0, 0.05) is 19.1 Å². The molecule has 1 fully saturated rings. The maximum Gasteiger partial charge on any atom is 0.237 e. The molecule has 1 heterocycles. The van der Waals surface area contributed by atoms with Gasteiger partial charge in [-0.3, -0.25) is 9.69 Å². The summed E-state index contributed by atoms with van der Waals surface area (Å²) in [6.45, 7) is 9.25. The first-order valence-electron chi connectivity index (χ1n) is 9.31. The predicted molar refractivity (Wildman–Crippen MR) is 99.4 cm³/mol. The molecule has 0 radical (unpaired) electrons. The highest BCUT2D eigenvalue weighted by molar-refractivity contribution is 5.81. The van der Waals surface area contributed by atoms with Gasteiger partial charge in [0.15, 0.2) is 0 Å². The zero-order valence-corrected chi connectivity index (χ0v) is 15.4. The number of hydrogen-bond donors (Lipinski definition) is 2. The molecule has 4 nitrogen and oxygen atoms in total. The van der Waals surface area contributed by atoms with Crippen LogP contribution in [0.25, 0.3) is 0 Å². The minimum Gasteiger partial charge on any atom is -0.351 e. The average Bonchev–Trinajstić information content (AvgIpc) is 2.55. The Bertz CT molecular complexity index is 512. The largest absolute Gasteiger partial charge is 0.351 e. The van der Waals surface area contributed by atoms with Crippen LogP contribution in [0.3, 0.4) is 0 Å². The minimum absolute atomic E-state index is 0.0603. The molecule has 134 valence electrons. The monoisotopic (exact) mass is 331 g/mol. The van der Waals surface area contributed by atoms with Crippen molar-refractivity contribution in [1.29, 1.82) is 0 Å². The number of hydrogen-bond acceptors (Lipinski definition) is 3. The third-order valence-corrected chi connectivity index (χ3v) is 4.88. The van der Waals surface area contributed by atoms with Crippen LogP contribution in [0.4, 0.5) is 0 Å². The Balaban J connectivity index is 1.80. The van der Waals surface area contributed by atoms with E-state index in [1.807, 2.05) is 0 Å². The number of nitrogens with two attached hydrogens (primary N) is 1. The predicted octanol–water partition coefficient (Wildman–Crippen LogP) is 3.05. The van der Waals surface area contributed by atoms with Crippen LogP contribution in [0.1, 0.15) is 57.6 Å². The van der Waals surface area contributed by atoms with Crippen molar-refractivity contribution >= 4 is 5.91 Å². The lowest BCUT2D eigenvalue weighted by Gasteiger charge is -2.33.